The van der Waals surface area contributed by atoms with Crippen LogP contribution in [0.25, 0.3) is 0 Å². The summed E-state index contributed by atoms with van der Waals surface area (Å²) in [6.45, 7) is 13.0. The molecule has 0 aromatic rings. The molecule has 0 fully saturated rings. The Balaban J connectivity index is -0.000000330. The number of hydrogen-bond donors (Lipinski definition) is 2. The van der Waals surface area contributed by atoms with E-state index >= 15 is 0 Å². The van der Waals surface area contributed by atoms with Crippen molar-refractivity contribution in [3.05, 3.63) is 12.7 Å². The van der Waals surface area contributed by atoms with Crippen LogP contribution < -0.4 is 0 Å². The number of rotatable bonds is 10. The number of unbranched alkanes of at least 4 members (excludes halogenated alkanes) is 2. The summed E-state index contributed by atoms with van der Waals surface area (Å²) in [5, 5.41) is 15.2. The molecular formula is C17H36O5. The maximum absolute atomic E-state index is 10.9. The van der Waals surface area contributed by atoms with E-state index in [9.17, 15) is 4.79 Å². The van der Waals surface area contributed by atoms with E-state index in [1.54, 1.807) is 0 Å². The molecular weight excluding hydrogens is 284 g/mol. The SMILES string of the molecule is C=CC(=O)OC(CC)CCCCC.CCOCC.OCCO. The first-order chi connectivity index (χ1) is 10.6. The van der Waals surface area contributed by atoms with Gasteiger partial charge in [0, 0.05) is 19.3 Å². The molecule has 0 aliphatic carbocycles. The van der Waals surface area contributed by atoms with Crippen LogP contribution in [0.2, 0.25) is 0 Å². The number of ether oxygens (including phenoxy) is 2. The van der Waals surface area contributed by atoms with Gasteiger partial charge in [-0.1, -0.05) is 33.3 Å². The zero-order valence-electron chi connectivity index (χ0n) is 14.8. The number of carbonyl (C=O) groups excluding carboxylic acids is 1. The van der Waals surface area contributed by atoms with Crippen LogP contribution in [0.1, 0.15) is 59.8 Å². The Labute approximate surface area is 136 Å². The highest BCUT2D eigenvalue weighted by atomic mass is 16.5. The summed E-state index contributed by atoms with van der Waals surface area (Å²) in [6, 6.07) is 0. The van der Waals surface area contributed by atoms with Crippen LogP contribution >= 0.6 is 0 Å². The van der Waals surface area contributed by atoms with Gasteiger partial charge in [0.05, 0.1) is 13.2 Å². The van der Waals surface area contributed by atoms with E-state index in [1.165, 1.54) is 18.9 Å². The van der Waals surface area contributed by atoms with Gasteiger partial charge in [-0.15, -0.1) is 0 Å². The summed E-state index contributed by atoms with van der Waals surface area (Å²) in [4.78, 5) is 10.9. The summed E-state index contributed by atoms with van der Waals surface area (Å²) in [6.07, 6.45) is 6.72. The monoisotopic (exact) mass is 320 g/mol. The first-order valence-corrected chi connectivity index (χ1v) is 8.20. The van der Waals surface area contributed by atoms with E-state index in [0.717, 1.165) is 32.5 Å². The molecule has 0 aliphatic heterocycles. The normalized spacial score (nSPS) is 10.5. The highest BCUT2D eigenvalue weighted by molar-refractivity contribution is 5.81. The van der Waals surface area contributed by atoms with Crippen LogP contribution in [0.3, 0.4) is 0 Å². The van der Waals surface area contributed by atoms with Gasteiger partial charge < -0.3 is 19.7 Å². The standard InChI is InChI=1S/C11H20O2.C4H10O.C2H6O2/c1-4-7-8-9-10(5-2)13-11(12)6-3;1-3-5-4-2;3-1-2-4/h6,10H,3-5,7-9H2,1-2H3;3-4H2,1-2H3;3-4H,1-2H2. The second-order valence-electron chi connectivity index (χ2n) is 4.40. The maximum Gasteiger partial charge on any atom is 0.330 e. The van der Waals surface area contributed by atoms with Crippen LogP contribution in [0, 0.1) is 0 Å². The van der Waals surface area contributed by atoms with Crippen molar-refractivity contribution in [1.29, 1.82) is 0 Å². The highest BCUT2D eigenvalue weighted by Crippen LogP contribution is 2.10. The average Bonchev–Trinajstić information content (AvgIpc) is 2.55. The topological polar surface area (TPSA) is 76.0 Å². The lowest BCUT2D eigenvalue weighted by atomic mass is 10.1. The Hall–Kier alpha value is -0.910. The molecule has 2 N–H and O–H groups in total. The zero-order valence-corrected chi connectivity index (χ0v) is 14.8. The lowest BCUT2D eigenvalue weighted by Crippen LogP contribution is -2.15. The first kappa shape index (κ1) is 26.0. The number of esters is 1. The smallest absolute Gasteiger partial charge is 0.330 e. The summed E-state index contributed by atoms with van der Waals surface area (Å²) in [7, 11) is 0. The molecule has 5 nitrogen and oxygen atoms in total. The minimum absolute atomic E-state index is 0.0806. The predicted molar refractivity (Wildman–Crippen MR) is 90.8 cm³/mol. The van der Waals surface area contributed by atoms with E-state index in [-0.39, 0.29) is 25.3 Å². The number of carbonyl (C=O) groups is 1. The molecule has 0 amide bonds. The van der Waals surface area contributed by atoms with Crippen LogP contribution in [-0.4, -0.2) is 48.7 Å². The van der Waals surface area contributed by atoms with Gasteiger partial charge in [-0.05, 0) is 33.1 Å². The summed E-state index contributed by atoms with van der Waals surface area (Å²) < 4.78 is 9.97. The van der Waals surface area contributed by atoms with Gasteiger partial charge in [0.25, 0.3) is 0 Å². The third kappa shape index (κ3) is 27.4. The molecule has 1 unspecified atom stereocenters. The fourth-order valence-corrected chi connectivity index (χ4v) is 1.38. The van der Waals surface area contributed by atoms with Gasteiger partial charge in [-0.25, -0.2) is 4.79 Å². The van der Waals surface area contributed by atoms with Crippen molar-refractivity contribution >= 4 is 5.97 Å². The predicted octanol–water partition coefficient (Wildman–Crippen LogP) is 3.09. The molecule has 134 valence electrons. The van der Waals surface area contributed by atoms with Crippen LogP contribution in [-0.2, 0) is 14.3 Å². The van der Waals surface area contributed by atoms with Gasteiger partial charge in [0.2, 0.25) is 0 Å². The van der Waals surface area contributed by atoms with Gasteiger partial charge in [-0.3, -0.25) is 0 Å². The number of aliphatic hydroxyl groups excluding tert-OH is 2. The van der Waals surface area contributed by atoms with E-state index in [4.69, 9.17) is 19.7 Å². The van der Waals surface area contributed by atoms with Crippen molar-refractivity contribution in [2.75, 3.05) is 26.4 Å². The fourth-order valence-electron chi connectivity index (χ4n) is 1.38. The lowest BCUT2D eigenvalue weighted by Gasteiger charge is -2.14. The van der Waals surface area contributed by atoms with Crippen molar-refractivity contribution in [3.63, 3.8) is 0 Å². The molecule has 0 aromatic carbocycles. The summed E-state index contributed by atoms with van der Waals surface area (Å²) in [5.41, 5.74) is 0. The summed E-state index contributed by atoms with van der Waals surface area (Å²) >= 11 is 0. The van der Waals surface area contributed by atoms with Crippen LogP contribution in [0.4, 0.5) is 0 Å². The Bertz CT molecular complexity index is 215. The molecule has 22 heavy (non-hydrogen) atoms. The van der Waals surface area contributed by atoms with Crippen molar-refractivity contribution in [1.82, 2.24) is 0 Å². The molecule has 0 radical (unpaired) electrons. The number of aliphatic hydroxyl groups is 2. The fraction of sp³-hybridized carbons (Fsp3) is 0.824. The second-order valence-corrected chi connectivity index (χ2v) is 4.40. The summed E-state index contributed by atoms with van der Waals surface area (Å²) in [5.74, 6) is -0.302. The first-order valence-electron chi connectivity index (χ1n) is 8.20. The Kier molecular flexibility index (Phi) is 29.6. The molecule has 5 heteroatoms. The van der Waals surface area contributed by atoms with E-state index in [0.29, 0.717) is 0 Å². The minimum Gasteiger partial charge on any atom is -0.459 e. The van der Waals surface area contributed by atoms with Gasteiger partial charge in [0.1, 0.15) is 6.10 Å². The maximum atomic E-state index is 10.9. The Morgan fingerprint density at radius 3 is 1.91 bits per heavy atom. The van der Waals surface area contributed by atoms with E-state index in [2.05, 4.69) is 13.5 Å². The van der Waals surface area contributed by atoms with E-state index < -0.39 is 0 Å². The van der Waals surface area contributed by atoms with Crippen LogP contribution in [0.5, 0.6) is 0 Å². The molecule has 0 rings (SSSR count). The number of hydrogen-bond acceptors (Lipinski definition) is 5. The average molecular weight is 320 g/mol. The highest BCUT2D eigenvalue weighted by Gasteiger charge is 2.08. The van der Waals surface area contributed by atoms with Gasteiger partial charge >= 0.3 is 5.97 Å². The Morgan fingerprint density at radius 1 is 1.09 bits per heavy atom. The molecule has 0 saturated heterocycles. The largest absolute Gasteiger partial charge is 0.459 e. The van der Waals surface area contributed by atoms with Crippen molar-refractivity contribution in [3.8, 4) is 0 Å². The Morgan fingerprint density at radius 2 is 1.64 bits per heavy atom. The van der Waals surface area contributed by atoms with Crippen molar-refractivity contribution in [2.45, 2.75) is 65.9 Å². The van der Waals surface area contributed by atoms with Crippen molar-refractivity contribution < 1.29 is 24.5 Å². The van der Waals surface area contributed by atoms with E-state index in [1.807, 2.05) is 20.8 Å². The molecule has 0 aromatic heterocycles. The van der Waals surface area contributed by atoms with Gasteiger partial charge in [0.15, 0.2) is 0 Å². The molecule has 0 heterocycles. The lowest BCUT2D eigenvalue weighted by molar-refractivity contribution is -0.143. The second kappa shape index (κ2) is 25.1. The molecule has 0 saturated carbocycles. The van der Waals surface area contributed by atoms with Crippen molar-refractivity contribution in [2.24, 2.45) is 0 Å². The third-order valence-corrected chi connectivity index (χ3v) is 2.54. The molecule has 0 spiro atoms. The van der Waals surface area contributed by atoms with Crippen LogP contribution in [0.15, 0.2) is 12.7 Å². The third-order valence-electron chi connectivity index (χ3n) is 2.54. The zero-order chi connectivity index (χ0) is 17.6. The minimum atomic E-state index is -0.302. The molecule has 0 aliphatic rings. The quantitative estimate of drug-likeness (QED) is 0.367. The molecule has 0 bridgehead atoms. The van der Waals surface area contributed by atoms with Gasteiger partial charge in [-0.2, -0.15) is 0 Å². The molecule has 1 atom stereocenters.